The molecule has 3 amide bonds. The maximum Gasteiger partial charge on any atom is 0.418 e. The van der Waals surface area contributed by atoms with E-state index >= 15 is 0 Å². The van der Waals surface area contributed by atoms with E-state index in [0.29, 0.717) is 31.0 Å². The highest BCUT2D eigenvalue weighted by molar-refractivity contribution is 7.80. The van der Waals surface area contributed by atoms with Gasteiger partial charge in [0.25, 0.3) is 7.41 Å². The van der Waals surface area contributed by atoms with Crippen molar-refractivity contribution in [2.45, 2.75) is 37.4 Å². The van der Waals surface area contributed by atoms with E-state index in [0.717, 1.165) is 6.19 Å². The fourth-order valence-corrected chi connectivity index (χ4v) is 3.89. The zero-order valence-corrected chi connectivity index (χ0v) is 14.1. The Morgan fingerprint density at radius 3 is 2.60 bits per heavy atom. The van der Waals surface area contributed by atoms with Crippen molar-refractivity contribution in [3.05, 3.63) is 0 Å². The predicted molar refractivity (Wildman–Crippen MR) is 84.0 cm³/mol. The van der Waals surface area contributed by atoms with Crippen LogP contribution in [-0.2, 0) is 24.3 Å². The molecule has 0 aromatic heterocycles. The number of carbonyl (C=O) groups is 3. The summed E-state index contributed by atoms with van der Waals surface area (Å²) < 4.78 is 34.5. The minimum atomic E-state index is -4.79. The van der Waals surface area contributed by atoms with Crippen molar-refractivity contribution in [3.63, 3.8) is 0 Å². The molecule has 11 nitrogen and oxygen atoms in total. The van der Waals surface area contributed by atoms with Crippen molar-refractivity contribution >= 4 is 35.9 Å². The minimum Gasteiger partial charge on any atom is -0.351 e. The minimum absolute atomic E-state index is 0.0376. The summed E-state index contributed by atoms with van der Waals surface area (Å²) in [5.74, 6) is -0.292. The first-order valence-electron chi connectivity index (χ1n) is 7.88. The summed E-state index contributed by atoms with van der Waals surface area (Å²) in [6.07, 6.45) is 2.34. The van der Waals surface area contributed by atoms with Gasteiger partial charge in [-0.05, 0) is 25.9 Å². The lowest BCUT2D eigenvalue weighted by atomic mass is 9.89. The number of nitrogens with zero attached hydrogens (tertiary/aromatic N) is 3. The molecule has 3 rings (SSSR count). The first kappa shape index (κ1) is 18.1. The molecule has 1 radical (unpaired) electrons. The number of amides is 3. The van der Waals surface area contributed by atoms with Crippen LogP contribution in [-0.4, -0.2) is 91.0 Å². The molecule has 3 fully saturated rings. The smallest absolute Gasteiger partial charge is 0.351 e. The molecule has 3 aliphatic heterocycles. The number of hydrogen-bond donors (Lipinski definition) is 2. The molecule has 3 heterocycles. The summed E-state index contributed by atoms with van der Waals surface area (Å²) in [5, 5.41) is 3.49. The second kappa shape index (κ2) is 6.90. The Bertz CT molecular complexity index is 666. The number of urea groups is 1. The fourth-order valence-electron chi connectivity index (χ4n) is 3.50. The maximum atomic E-state index is 12.4. The van der Waals surface area contributed by atoms with Crippen LogP contribution in [0.5, 0.6) is 0 Å². The Hall–Kier alpha value is -1.70. The highest BCUT2D eigenvalue weighted by atomic mass is 32.3. The molecular weight excluding hydrogens is 355 g/mol. The Labute approximate surface area is 145 Å². The lowest BCUT2D eigenvalue weighted by Crippen LogP contribution is -2.54. The molecule has 0 aliphatic carbocycles. The molecule has 0 unspecified atom stereocenters. The van der Waals surface area contributed by atoms with Gasteiger partial charge in [0, 0.05) is 19.0 Å². The Morgan fingerprint density at radius 1 is 1.36 bits per heavy atom. The van der Waals surface area contributed by atoms with Crippen molar-refractivity contribution in [1.82, 2.24) is 20.1 Å². The van der Waals surface area contributed by atoms with E-state index in [9.17, 15) is 22.8 Å². The van der Waals surface area contributed by atoms with Gasteiger partial charge in [0.15, 0.2) is 0 Å². The van der Waals surface area contributed by atoms with Crippen LogP contribution >= 0.6 is 0 Å². The van der Waals surface area contributed by atoms with Gasteiger partial charge >= 0.3 is 16.4 Å². The van der Waals surface area contributed by atoms with Gasteiger partial charge in [0.2, 0.25) is 5.91 Å². The van der Waals surface area contributed by atoms with Gasteiger partial charge < -0.3 is 19.8 Å². The van der Waals surface area contributed by atoms with E-state index < -0.39 is 28.5 Å². The predicted octanol–water partition coefficient (Wildman–Crippen LogP) is -2.01. The number of hydrogen-bond acceptors (Lipinski definition) is 7. The number of carbonyl (C=O) groups excluding carboxylic acids is 3. The van der Waals surface area contributed by atoms with Gasteiger partial charge in [-0.1, -0.05) is 0 Å². The van der Waals surface area contributed by atoms with Gasteiger partial charge in [0.1, 0.15) is 6.04 Å². The van der Waals surface area contributed by atoms with Crippen molar-refractivity contribution in [2.75, 3.05) is 19.6 Å². The van der Waals surface area contributed by atoms with Crippen LogP contribution in [0.25, 0.3) is 0 Å². The summed E-state index contributed by atoms with van der Waals surface area (Å²) in [7, 11) is -3.31. The van der Waals surface area contributed by atoms with Gasteiger partial charge in [0.05, 0.1) is 12.2 Å². The molecule has 137 valence electrons. The zero-order valence-electron chi connectivity index (χ0n) is 13.3. The fraction of sp³-hybridized carbons (Fsp3) is 0.750. The molecule has 2 bridgehead atoms. The molecule has 13 heteroatoms. The summed E-state index contributed by atoms with van der Waals surface area (Å²) in [5.41, 5.74) is 0. The molecular formula is C12H18BN4O7S. The number of piperidine rings is 1. The van der Waals surface area contributed by atoms with Crippen molar-refractivity contribution < 1.29 is 31.6 Å². The number of hydroxylamine groups is 2. The summed E-state index contributed by atoms with van der Waals surface area (Å²) in [6.45, 7) is 1.49. The molecule has 2 N–H and O–H groups in total. The third-order valence-electron chi connectivity index (χ3n) is 4.67. The summed E-state index contributed by atoms with van der Waals surface area (Å²) in [4.78, 5) is 38.1. The Kier molecular flexibility index (Phi) is 5.00. The number of fused-ring (bicyclic) bond motifs is 2. The van der Waals surface area contributed by atoms with Gasteiger partial charge in [-0.25, -0.2) is 4.79 Å². The number of rotatable bonds is 6. The Morgan fingerprint density at radius 2 is 2.04 bits per heavy atom. The topological polar surface area (TPSA) is 137 Å². The highest BCUT2D eigenvalue weighted by Gasteiger charge is 2.53. The third kappa shape index (κ3) is 3.94. The van der Waals surface area contributed by atoms with Crippen molar-refractivity contribution in [2.24, 2.45) is 0 Å². The lowest BCUT2D eigenvalue weighted by molar-refractivity contribution is -0.127. The van der Waals surface area contributed by atoms with Crippen molar-refractivity contribution in [1.29, 1.82) is 0 Å². The first-order valence-corrected chi connectivity index (χ1v) is 9.25. The van der Waals surface area contributed by atoms with Crippen LogP contribution in [0.15, 0.2) is 0 Å². The Balaban J connectivity index is 1.52. The van der Waals surface area contributed by atoms with Gasteiger partial charge in [-0.15, -0.1) is 4.28 Å². The molecule has 3 aliphatic rings. The average molecular weight is 373 g/mol. The van der Waals surface area contributed by atoms with Crippen LogP contribution in [0.2, 0.25) is 0 Å². The SMILES string of the molecule is O=C[B]N1CCC(NC(=O)[C@@H]2C[C@@H]3CN2C(=O)N3OS(=O)(=O)O)CC1. The van der Waals surface area contributed by atoms with E-state index in [1.54, 1.807) is 0 Å². The van der Waals surface area contributed by atoms with Crippen molar-refractivity contribution in [3.8, 4) is 0 Å². The maximum absolute atomic E-state index is 12.4. The second-order valence-corrected chi connectivity index (χ2v) is 7.28. The standard InChI is InChI=1S/C12H18BN4O7S/c18-7-13-15-3-1-8(2-4-15)14-11(19)10-5-9-6-16(10)12(20)17(9)24-25(21,22)23/h7-10H,1-6H2,(H,14,19)(H,21,22,23)/t9-,10+/m1/s1. The van der Waals surface area contributed by atoms with E-state index in [-0.39, 0.29) is 24.9 Å². The van der Waals surface area contributed by atoms with Crippen LogP contribution < -0.4 is 5.32 Å². The molecule has 0 saturated carbocycles. The molecule has 25 heavy (non-hydrogen) atoms. The molecule has 3 saturated heterocycles. The van der Waals surface area contributed by atoms with Crippen LogP contribution in [0.4, 0.5) is 4.79 Å². The second-order valence-electron chi connectivity index (χ2n) is 6.27. The lowest BCUT2D eigenvalue weighted by Gasteiger charge is -2.33. The highest BCUT2D eigenvalue weighted by Crippen LogP contribution is 2.32. The zero-order chi connectivity index (χ0) is 18.2. The van der Waals surface area contributed by atoms with E-state index in [1.807, 2.05) is 4.81 Å². The van der Waals surface area contributed by atoms with Crippen LogP contribution in [0, 0.1) is 0 Å². The average Bonchev–Trinajstić information content (AvgIpc) is 3.09. The quantitative estimate of drug-likeness (QED) is 0.310. The molecule has 0 spiro atoms. The van der Waals surface area contributed by atoms with Gasteiger partial charge in [-0.2, -0.15) is 13.5 Å². The molecule has 2 atom stereocenters. The normalized spacial score (nSPS) is 27.6. The van der Waals surface area contributed by atoms with E-state index in [2.05, 4.69) is 9.60 Å². The largest absolute Gasteiger partial charge is 0.418 e. The first-order chi connectivity index (χ1) is 11.8. The van der Waals surface area contributed by atoms with E-state index in [4.69, 9.17) is 4.55 Å². The third-order valence-corrected chi connectivity index (χ3v) is 5.02. The van der Waals surface area contributed by atoms with Crippen LogP contribution in [0.3, 0.4) is 0 Å². The number of nitrogens with one attached hydrogen (secondary N) is 1. The van der Waals surface area contributed by atoms with E-state index in [1.165, 1.54) is 12.3 Å². The summed E-state index contributed by atoms with van der Waals surface area (Å²) in [6, 6.07) is -2.08. The summed E-state index contributed by atoms with van der Waals surface area (Å²) >= 11 is 0. The van der Waals surface area contributed by atoms with Gasteiger partial charge in [-0.3, -0.25) is 9.35 Å². The molecule has 0 aromatic carbocycles. The monoisotopic (exact) mass is 373 g/mol. The molecule has 0 aromatic rings. The van der Waals surface area contributed by atoms with Crippen LogP contribution in [0.1, 0.15) is 19.3 Å².